The molecule has 2 aromatic rings. The zero-order valence-corrected chi connectivity index (χ0v) is 11.3. The van der Waals surface area contributed by atoms with Gasteiger partial charge in [0, 0.05) is 18.0 Å². The number of rotatable bonds is 3. The second-order valence-electron chi connectivity index (χ2n) is 3.85. The highest BCUT2D eigenvalue weighted by Crippen LogP contribution is 2.33. The molecule has 0 spiro atoms. The molecule has 0 unspecified atom stereocenters. The van der Waals surface area contributed by atoms with E-state index in [1.807, 2.05) is 18.5 Å². The Bertz CT molecular complexity index is 534. The standard InChI is InChI=1S/C13H16N2OS/c1-8-9(2)11(16-4)6-5-10(8)13-15-12(14-3)7-17-13/h5-7,14H,1-4H3. The number of benzene rings is 1. The summed E-state index contributed by atoms with van der Waals surface area (Å²) in [5.41, 5.74) is 3.57. The number of hydrogen-bond donors (Lipinski definition) is 1. The molecule has 0 bridgehead atoms. The van der Waals surface area contributed by atoms with Gasteiger partial charge in [0.15, 0.2) is 0 Å². The van der Waals surface area contributed by atoms with Crippen LogP contribution in [0.1, 0.15) is 11.1 Å². The van der Waals surface area contributed by atoms with Gasteiger partial charge in [-0.3, -0.25) is 0 Å². The molecule has 0 atom stereocenters. The number of aromatic nitrogens is 1. The second-order valence-corrected chi connectivity index (χ2v) is 4.71. The highest BCUT2D eigenvalue weighted by Gasteiger charge is 2.11. The van der Waals surface area contributed by atoms with Gasteiger partial charge in [0.25, 0.3) is 0 Å². The van der Waals surface area contributed by atoms with E-state index < -0.39 is 0 Å². The molecular formula is C13H16N2OS. The molecule has 0 saturated carbocycles. The third-order valence-corrected chi connectivity index (χ3v) is 3.82. The van der Waals surface area contributed by atoms with Crippen LogP contribution in [0.4, 0.5) is 5.82 Å². The van der Waals surface area contributed by atoms with Crippen LogP contribution < -0.4 is 10.1 Å². The molecule has 0 aliphatic rings. The Kier molecular flexibility index (Phi) is 3.33. The van der Waals surface area contributed by atoms with Gasteiger partial charge in [-0.05, 0) is 37.1 Å². The molecule has 90 valence electrons. The molecule has 0 radical (unpaired) electrons. The lowest BCUT2D eigenvalue weighted by atomic mass is 10.0. The first-order valence-corrected chi connectivity index (χ1v) is 6.33. The van der Waals surface area contributed by atoms with Crippen molar-refractivity contribution in [2.24, 2.45) is 0 Å². The topological polar surface area (TPSA) is 34.1 Å². The first kappa shape index (κ1) is 11.9. The number of nitrogens with one attached hydrogen (secondary N) is 1. The molecule has 17 heavy (non-hydrogen) atoms. The molecule has 3 nitrogen and oxygen atoms in total. The number of methoxy groups -OCH3 is 1. The SMILES string of the molecule is CNc1csc(-c2ccc(OC)c(C)c2C)n1. The van der Waals surface area contributed by atoms with E-state index in [9.17, 15) is 0 Å². The Morgan fingerprint density at radius 1 is 1.24 bits per heavy atom. The van der Waals surface area contributed by atoms with Gasteiger partial charge in [-0.1, -0.05) is 0 Å². The van der Waals surface area contributed by atoms with Crippen LogP contribution in [0.15, 0.2) is 17.5 Å². The molecule has 0 saturated heterocycles. The van der Waals surface area contributed by atoms with Gasteiger partial charge in [0.05, 0.1) is 7.11 Å². The number of ether oxygens (including phenoxy) is 1. The fourth-order valence-corrected chi connectivity index (χ4v) is 2.65. The van der Waals surface area contributed by atoms with E-state index in [2.05, 4.69) is 30.2 Å². The Balaban J connectivity index is 2.49. The van der Waals surface area contributed by atoms with Crippen molar-refractivity contribution in [2.45, 2.75) is 13.8 Å². The first-order valence-electron chi connectivity index (χ1n) is 5.45. The van der Waals surface area contributed by atoms with Crippen molar-refractivity contribution in [3.8, 4) is 16.3 Å². The van der Waals surface area contributed by atoms with Gasteiger partial charge in [-0.2, -0.15) is 0 Å². The van der Waals surface area contributed by atoms with Gasteiger partial charge in [-0.25, -0.2) is 4.98 Å². The van der Waals surface area contributed by atoms with Crippen LogP contribution in [0.5, 0.6) is 5.75 Å². The van der Waals surface area contributed by atoms with Crippen LogP contribution in [0.3, 0.4) is 0 Å². The summed E-state index contributed by atoms with van der Waals surface area (Å²) >= 11 is 1.65. The Hall–Kier alpha value is -1.55. The molecule has 1 aromatic carbocycles. The van der Waals surface area contributed by atoms with Crippen molar-refractivity contribution < 1.29 is 4.74 Å². The predicted molar refractivity (Wildman–Crippen MR) is 73.1 cm³/mol. The van der Waals surface area contributed by atoms with E-state index in [1.54, 1.807) is 18.4 Å². The summed E-state index contributed by atoms with van der Waals surface area (Å²) in [5, 5.41) is 6.11. The van der Waals surface area contributed by atoms with Gasteiger partial charge >= 0.3 is 0 Å². The largest absolute Gasteiger partial charge is 0.496 e. The number of thiazole rings is 1. The van der Waals surface area contributed by atoms with Crippen molar-refractivity contribution in [1.82, 2.24) is 4.98 Å². The zero-order valence-electron chi connectivity index (χ0n) is 10.5. The van der Waals surface area contributed by atoms with E-state index >= 15 is 0 Å². The fraction of sp³-hybridized carbons (Fsp3) is 0.308. The van der Waals surface area contributed by atoms with E-state index in [4.69, 9.17) is 4.74 Å². The smallest absolute Gasteiger partial charge is 0.137 e. The van der Waals surface area contributed by atoms with Crippen LogP contribution in [0.2, 0.25) is 0 Å². The minimum atomic E-state index is 0.915. The van der Waals surface area contributed by atoms with Crippen LogP contribution >= 0.6 is 11.3 Å². The molecule has 1 heterocycles. The molecule has 0 amide bonds. The van der Waals surface area contributed by atoms with Crippen molar-refractivity contribution in [3.05, 3.63) is 28.6 Å². The minimum Gasteiger partial charge on any atom is -0.496 e. The molecule has 0 aliphatic carbocycles. The third-order valence-electron chi connectivity index (χ3n) is 2.95. The van der Waals surface area contributed by atoms with Crippen LogP contribution in [0.25, 0.3) is 10.6 Å². The van der Waals surface area contributed by atoms with Crippen molar-refractivity contribution in [1.29, 1.82) is 0 Å². The first-order chi connectivity index (χ1) is 8.17. The molecule has 2 rings (SSSR count). The maximum atomic E-state index is 5.31. The number of anilines is 1. The fourth-order valence-electron chi connectivity index (χ4n) is 1.76. The maximum Gasteiger partial charge on any atom is 0.137 e. The molecular weight excluding hydrogens is 232 g/mol. The van der Waals surface area contributed by atoms with E-state index in [1.165, 1.54) is 16.7 Å². The monoisotopic (exact) mass is 248 g/mol. The lowest BCUT2D eigenvalue weighted by Gasteiger charge is -2.10. The summed E-state index contributed by atoms with van der Waals surface area (Å²) in [5.74, 6) is 1.84. The average Bonchev–Trinajstić information content (AvgIpc) is 2.81. The van der Waals surface area contributed by atoms with E-state index in [0.717, 1.165) is 16.6 Å². The third kappa shape index (κ3) is 2.13. The lowest BCUT2D eigenvalue weighted by Crippen LogP contribution is -1.93. The number of hydrogen-bond acceptors (Lipinski definition) is 4. The summed E-state index contributed by atoms with van der Waals surface area (Å²) in [7, 11) is 3.58. The van der Waals surface area contributed by atoms with E-state index in [0.29, 0.717) is 0 Å². The normalized spacial score (nSPS) is 10.4. The highest BCUT2D eigenvalue weighted by molar-refractivity contribution is 7.13. The Morgan fingerprint density at radius 3 is 2.59 bits per heavy atom. The molecule has 1 N–H and O–H groups in total. The second kappa shape index (κ2) is 4.75. The van der Waals surface area contributed by atoms with Gasteiger partial charge in [-0.15, -0.1) is 11.3 Å². The summed E-state index contributed by atoms with van der Waals surface area (Å²) in [4.78, 5) is 4.52. The molecule has 4 heteroatoms. The van der Waals surface area contributed by atoms with Gasteiger partial charge in [0.1, 0.15) is 16.6 Å². The summed E-state index contributed by atoms with van der Waals surface area (Å²) < 4.78 is 5.31. The number of nitrogens with zero attached hydrogens (tertiary/aromatic N) is 1. The van der Waals surface area contributed by atoms with Crippen molar-refractivity contribution >= 4 is 17.2 Å². The van der Waals surface area contributed by atoms with Crippen molar-refractivity contribution in [3.63, 3.8) is 0 Å². The van der Waals surface area contributed by atoms with Crippen LogP contribution in [-0.4, -0.2) is 19.1 Å². The molecule has 0 fully saturated rings. The molecule has 1 aromatic heterocycles. The zero-order chi connectivity index (χ0) is 12.4. The van der Waals surface area contributed by atoms with Crippen LogP contribution in [0, 0.1) is 13.8 Å². The molecule has 0 aliphatic heterocycles. The lowest BCUT2D eigenvalue weighted by molar-refractivity contribution is 0.411. The van der Waals surface area contributed by atoms with Gasteiger partial charge in [0.2, 0.25) is 0 Å². The van der Waals surface area contributed by atoms with Crippen molar-refractivity contribution in [2.75, 3.05) is 19.5 Å². The summed E-state index contributed by atoms with van der Waals surface area (Å²) in [6.45, 7) is 4.18. The van der Waals surface area contributed by atoms with Gasteiger partial charge < -0.3 is 10.1 Å². The van der Waals surface area contributed by atoms with E-state index in [-0.39, 0.29) is 0 Å². The predicted octanol–water partition coefficient (Wildman–Crippen LogP) is 3.48. The average molecular weight is 248 g/mol. The quantitative estimate of drug-likeness (QED) is 0.903. The maximum absolute atomic E-state index is 5.31. The minimum absolute atomic E-state index is 0.915. The van der Waals surface area contributed by atoms with Crippen LogP contribution in [-0.2, 0) is 0 Å². The summed E-state index contributed by atoms with van der Waals surface area (Å²) in [6.07, 6.45) is 0. The highest BCUT2D eigenvalue weighted by atomic mass is 32.1. The Labute approximate surface area is 105 Å². The Morgan fingerprint density at radius 2 is 2.00 bits per heavy atom. The summed E-state index contributed by atoms with van der Waals surface area (Å²) in [6, 6.07) is 4.07.